The molecule has 2 nitrogen and oxygen atoms in total. The first-order chi connectivity index (χ1) is 8.74. The molecule has 0 aliphatic rings. The van der Waals surface area contributed by atoms with Crippen LogP contribution in [-0.2, 0) is 0 Å². The number of rotatable bonds is 2. The standard InChI is InChI=1S/C14H11FN2S/c1-9-13(11-6-7-18-8-11)17-14(16-9)10-2-4-12(15)5-3-10/h2-8H,1H3,(H,16,17). The first kappa shape index (κ1) is 11.2. The molecular weight excluding hydrogens is 247 g/mol. The second-order valence-corrected chi connectivity index (χ2v) is 4.86. The summed E-state index contributed by atoms with van der Waals surface area (Å²) in [6.45, 7) is 1.99. The van der Waals surface area contributed by atoms with E-state index in [2.05, 4.69) is 15.3 Å². The van der Waals surface area contributed by atoms with Crippen molar-refractivity contribution >= 4 is 11.3 Å². The molecule has 0 atom stereocenters. The second kappa shape index (κ2) is 4.38. The van der Waals surface area contributed by atoms with Gasteiger partial charge in [-0.05, 0) is 42.6 Å². The molecule has 1 N–H and O–H groups in total. The summed E-state index contributed by atoms with van der Waals surface area (Å²) < 4.78 is 12.9. The van der Waals surface area contributed by atoms with Gasteiger partial charge in [0.15, 0.2) is 0 Å². The molecule has 0 saturated carbocycles. The van der Waals surface area contributed by atoms with Gasteiger partial charge in [0.25, 0.3) is 0 Å². The monoisotopic (exact) mass is 258 g/mol. The minimum absolute atomic E-state index is 0.236. The summed E-state index contributed by atoms with van der Waals surface area (Å²) in [7, 11) is 0. The summed E-state index contributed by atoms with van der Waals surface area (Å²) in [5.74, 6) is 0.536. The lowest BCUT2D eigenvalue weighted by molar-refractivity contribution is 0.628. The fraction of sp³-hybridized carbons (Fsp3) is 0.0714. The average Bonchev–Trinajstić information content (AvgIpc) is 2.99. The highest BCUT2D eigenvalue weighted by Crippen LogP contribution is 2.27. The smallest absolute Gasteiger partial charge is 0.138 e. The van der Waals surface area contributed by atoms with Crippen molar-refractivity contribution in [2.24, 2.45) is 0 Å². The fourth-order valence-electron chi connectivity index (χ4n) is 1.89. The summed E-state index contributed by atoms with van der Waals surface area (Å²) in [5, 5.41) is 4.10. The van der Waals surface area contributed by atoms with Crippen molar-refractivity contribution in [3.8, 4) is 22.6 Å². The fourth-order valence-corrected chi connectivity index (χ4v) is 2.53. The van der Waals surface area contributed by atoms with Crippen LogP contribution in [0.25, 0.3) is 22.6 Å². The zero-order chi connectivity index (χ0) is 12.5. The van der Waals surface area contributed by atoms with E-state index in [1.807, 2.05) is 18.4 Å². The van der Waals surface area contributed by atoms with Crippen molar-refractivity contribution in [3.05, 3.63) is 52.6 Å². The molecule has 3 rings (SSSR count). The molecule has 4 heteroatoms. The van der Waals surface area contributed by atoms with E-state index in [1.54, 1.807) is 23.5 Å². The van der Waals surface area contributed by atoms with E-state index in [1.165, 1.54) is 12.1 Å². The molecule has 90 valence electrons. The van der Waals surface area contributed by atoms with Crippen molar-refractivity contribution in [1.82, 2.24) is 9.97 Å². The van der Waals surface area contributed by atoms with E-state index >= 15 is 0 Å². The number of hydrogen-bond acceptors (Lipinski definition) is 2. The topological polar surface area (TPSA) is 28.7 Å². The SMILES string of the molecule is Cc1[nH]c(-c2ccc(F)cc2)nc1-c1ccsc1. The number of aryl methyl sites for hydroxylation is 1. The number of hydrogen-bond donors (Lipinski definition) is 1. The van der Waals surface area contributed by atoms with Crippen LogP contribution in [0, 0.1) is 12.7 Å². The predicted octanol–water partition coefficient (Wildman–Crippen LogP) is 4.25. The van der Waals surface area contributed by atoms with Crippen molar-refractivity contribution in [3.63, 3.8) is 0 Å². The van der Waals surface area contributed by atoms with Gasteiger partial charge in [0.05, 0.1) is 5.69 Å². The lowest BCUT2D eigenvalue weighted by Gasteiger charge is -1.95. The summed E-state index contributed by atoms with van der Waals surface area (Å²) in [4.78, 5) is 7.82. The molecule has 0 bridgehead atoms. The van der Waals surface area contributed by atoms with Gasteiger partial charge in [-0.2, -0.15) is 11.3 Å². The molecule has 0 aliphatic heterocycles. The van der Waals surface area contributed by atoms with Gasteiger partial charge >= 0.3 is 0 Å². The molecule has 2 heterocycles. The first-order valence-electron chi connectivity index (χ1n) is 5.59. The maximum Gasteiger partial charge on any atom is 0.138 e. The van der Waals surface area contributed by atoms with Crippen molar-refractivity contribution in [1.29, 1.82) is 0 Å². The Morgan fingerprint density at radius 3 is 2.56 bits per heavy atom. The highest BCUT2D eigenvalue weighted by atomic mass is 32.1. The normalized spacial score (nSPS) is 10.8. The number of halogens is 1. The third-order valence-electron chi connectivity index (χ3n) is 2.80. The molecule has 0 saturated heterocycles. The Balaban J connectivity index is 2.05. The van der Waals surface area contributed by atoms with Gasteiger partial charge in [-0.15, -0.1) is 0 Å². The zero-order valence-corrected chi connectivity index (χ0v) is 10.6. The first-order valence-corrected chi connectivity index (χ1v) is 6.53. The third kappa shape index (κ3) is 1.95. The van der Waals surface area contributed by atoms with Crippen LogP contribution >= 0.6 is 11.3 Å². The summed E-state index contributed by atoms with van der Waals surface area (Å²) in [6, 6.07) is 8.38. The number of imidazole rings is 1. The molecule has 0 aliphatic carbocycles. The van der Waals surface area contributed by atoms with Crippen molar-refractivity contribution < 1.29 is 4.39 Å². The number of H-pyrrole nitrogens is 1. The predicted molar refractivity (Wildman–Crippen MR) is 72.0 cm³/mol. The Kier molecular flexibility index (Phi) is 2.72. The quantitative estimate of drug-likeness (QED) is 0.731. The molecule has 18 heavy (non-hydrogen) atoms. The van der Waals surface area contributed by atoms with Crippen LogP contribution in [0.5, 0.6) is 0 Å². The van der Waals surface area contributed by atoms with Gasteiger partial charge in [-0.1, -0.05) is 0 Å². The van der Waals surface area contributed by atoms with Gasteiger partial charge in [-0.25, -0.2) is 9.37 Å². The number of aromatic nitrogens is 2. The Bertz CT molecular complexity index is 654. The van der Waals surface area contributed by atoms with Gasteiger partial charge in [0.1, 0.15) is 11.6 Å². The number of thiophene rings is 1. The van der Waals surface area contributed by atoms with Gasteiger partial charge in [-0.3, -0.25) is 0 Å². The van der Waals surface area contributed by atoms with Crippen molar-refractivity contribution in [2.75, 3.05) is 0 Å². The minimum Gasteiger partial charge on any atom is -0.342 e. The van der Waals surface area contributed by atoms with Crippen LogP contribution in [0.3, 0.4) is 0 Å². The Morgan fingerprint density at radius 1 is 1.11 bits per heavy atom. The van der Waals surface area contributed by atoms with Gasteiger partial charge in [0, 0.05) is 22.2 Å². The molecule has 0 spiro atoms. The summed E-state index contributed by atoms with van der Waals surface area (Å²) >= 11 is 1.65. The van der Waals surface area contributed by atoms with E-state index in [9.17, 15) is 4.39 Å². The largest absolute Gasteiger partial charge is 0.342 e. The third-order valence-corrected chi connectivity index (χ3v) is 3.48. The van der Waals surface area contributed by atoms with Crippen LogP contribution in [0.15, 0.2) is 41.1 Å². The van der Waals surface area contributed by atoms with Crippen LogP contribution in [0.2, 0.25) is 0 Å². The van der Waals surface area contributed by atoms with E-state index in [0.717, 1.165) is 28.3 Å². The van der Waals surface area contributed by atoms with Crippen LogP contribution < -0.4 is 0 Å². The summed E-state index contributed by atoms with van der Waals surface area (Å²) in [5.41, 5.74) is 3.98. The number of nitrogens with one attached hydrogen (secondary N) is 1. The maximum absolute atomic E-state index is 12.9. The number of aromatic amines is 1. The van der Waals surface area contributed by atoms with E-state index in [-0.39, 0.29) is 5.82 Å². The number of nitrogens with zero attached hydrogens (tertiary/aromatic N) is 1. The number of benzene rings is 1. The van der Waals surface area contributed by atoms with Gasteiger partial charge in [0.2, 0.25) is 0 Å². The lowest BCUT2D eigenvalue weighted by Crippen LogP contribution is -1.81. The lowest BCUT2D eigenvalue weighted by atomic mass is 10.2. The van der Waals surface area contributed by atoms with Crippen molar-refractivity contribution in [2.45, 2.75) is 6.92 Å². The van der Waals surface area contributed by atoms with Crippen LogP contribution in [0.1, 0.15) is 5.69 Å². The zero-order valence-electron chi connectivity index (χ0n) is 9.77. The van der Waals surface area contributed by atoms with Gasteiger partial charge < -0.3 is 4.98 Å². The Hall–Kier alpha value is -1.94. The van der Waals surface area contributed by atoms with Crippen LogP contribution in [-0.4, -0.2) is 9.97 Å². The molecule has 1 aromatic carbocycles. The molecule has 2 aromatic heterocycles. The Morgan fingerprint density at radius 2 is 1.89 bits per heavy atom. The van der Waals surface area contributed by atoms with E-state index < -0.39 is 0 Å². The van der Waals surface area contributed by atoms with E-state index in [4.69, 9.17) is 0 Å². The molecule has 0 unspecified atom stereocenters. The molecule has 0 fully saturated rings. The van der Waals surface area contributed by atoms with Crippen LogP contribution in [0.4, 0.5) is 4.39 Å². The highest BCUT2D eigenvalue weighted by Gasteiger charge is 2.10. The van der Waals surface area contributed by atoms with E-state index in [0.29, 0.717) is 0 Å². The Labute approximate surface area is 108 Å². The molecule has 3 aromatic rings. The minimum atomic E-state index is -0.236. The molecule has 0 amide bonds. The maximum atomic E-state index is 12.9. The highest BCUT2D eigenvalue weighted by molar-refractivity contribution is 7.08. The summed E-state index contributed by atoms with van der Waals surface area (Å²) in [6.07, 6.45) is 0. The molecular formula is C14H11FN2S. The average molecular weight is 258 g/mol. The second-order valence-electron chi connectivity index (χ2n) is 4.08. The molecule has 0 radical (unpaired) electrons.